The zero-order valence-corrected chi connectivity index (χ0v) is 11.2. The lowest BCUT2D eigenvalue weighted by Crippen LogP contribution is -2.04. The van der Waals surface area contributed by atoms with Crippen LogP contribution in [0.3, 0.4) is 0 Å². The maximum absolute atomic E-state index is 11.5. The molecule has 0 amide bonds. The molecule has 0 spiro atoms. The van der Waals surface area contributed by atoms with Crippen molar-refractivity contribution < 1.29 is 4.74 Å². The predicted molar refractivity (Wildman–Crippen MR) is 79.2 cm³/mol. The zero-order chi connectivity index (χ0) is 14.2. The molecule has 4 rings (SSSR count). The number of aromatic amines is 1. The predicted octanol–water partition coefficient (Wildman–Crippen LogP) is 2.30. The Bertz CT molecular complexity index is 864. The number of imidazole rings is 1. The van der Waals surface area contributed by atoms with Gasteiger partial charge in [0.2, 0.25) is 5.56 Å². The van der Waals surface area contributed by atoms with Gasteiger partial charge in [0.1, 0.15) is 18.2 Å². The molecule has 0 radical (unpaired) electrons. The Balaban J connectivity index is 1.91. The zero-order valence-electron chi connectivity index (χ0n) is 11.2. The van der Waals surface area contributed by atoms with Gasteiger partial charge in [0.15, 0.2) is 0 Å². The van der Waals surface area contributed by atoms with Gasteiger partial charge in [-0.3, -0.25) is 4.79 Å². The quantitative estimate of drug-likeness (QED) is 0.743. The monoisotopic (exact) mass is 279 g/mol. The summed E-state index contributed by atoms with van der Waals surface area (Å²) in [6.07, 6.45) is 5.40. The highest BCUT2D eigenvalue weighted by molar-refractivity contribution is 5.74. The third-order valence-corrected chi connectivity index (χ3v) is 3.63. The molecule has 2 aromatic heterocycles. The SMILES string of the molecule is O=c1cc(-c2ccc3c(c2)-c2nccn2CCO3)cc[nH]1. The molecule has 1 aliphatic rings. The van der Waals surface area contributed by atoms with Crippen LogP contribution in [0.4, 0.5) is 0 Å². The van der Waals surface area contributed by atoms with Crippen molar-refractivity contribution in [3.8, 4) is 28.3 Å². The first-order chi connectivity index (χ1) is 10.3. The number of hydrogen-bond donors (Lipinski definition) is 1. The second-order valence-electron chi connectivity index (χ2n) is 4.95. The van der Waals surface area contributed by atoms with E-state index in [0.29, 0.717) is 6.61 Å². The summed E-state index contributed by atoms with van der Waals surface area (Å²) < 4.78 is 7.85. The lowest BCUT2D eigenvalue weighted by Gasteiger charge is -2.09. The van der Waals surface area contributed by atoms with E-state index < -0.39 is 0 Å². The molecule has 0 fully saturated rings. The van der Waals surface area contributed by atoms with E-state index >= 15 is 0 Å². The number of nitrogens with one attached hydrogen (secondary N) is 1. The van der Waals surface area contributed by atoms with Gasteiger partial charge >= 0.3 is 0 Å². The Labute approximate surface area is 120 Å². The number of hydrogen-bond acceptors (Lipinski definition) is 3. The second-order valence-corrected chi connectivity index (χ2v) is 4.95. The van der Waals surface area contributed by atoms with Crippen LogP contribution in [0, 0.1) is 0 Å². The molecule has 21 heavy (non-hydrogen) atoms. The Morgan fingerprint density at radius 2 is 2.10 bits per heavy atom. The molecule has 3 aromatic rings. The minimum Gasteiger partial charge on any atom is -0.491 e. The van der Waals surface area contributed by atoms with Gasteiger partial charge in [-0.1, -0.05) is 6.07 Å². The van der Waals surface area contributed by atoms with E-state index in [4.69, 9.17) is 4.74 Å². The van der Waals surface area contributed by atoms with Crippen molar-refractivity contribution in [3.05, 3.63) is 59.3 Å². The molecule has 5 heteroatoms. The number of aromatic nitrogens is 3. The summed E-state index contributed by atoms with van der Waals surface area (Å²) in [6.45, 7) is 1.41. The molecule has 5 nitrogen and oxygen atoms in total. The summed E-state index contributed by atoms with van der Waals surface area (Å²) in [7, 11) is 0. The van der Waals surface area contributed by atoms with Gasteiger partial charge in [-0.25, -0.2) is 4.98 Å². The van der Waals surface area contributed by atoms with Gasteiger partial charge in [-0.2, -0.15) is 0 Å². The molecule has 1 aliphatic heterocycles. The maximum atomic E-state index is 11.5. The molecule has 104 valence electrons. The number of pyridine rings is 1. The minimum absolute atomic E-state index is 0.111. The standard InChI is InChI=1S/C16H13N3O2/c20-15-10-12(3-4-17-15)11-1-2-14-13(9-11)16-18-5-6-19(16)7-8-21-14/h1-6,9-10H,7-8H2,(H,17,20). The molecular weight excluding hydrogens is 266 g/mol. The minimum atomic E-state index is -0.111. The van der Waals surface area contributed by atoms with Gasteiger partial charge in [0.05, 0.1) is 12.1 Å². The number of rotatable bonds is 1. The topological polar surface area (TPSA) is 59.9 Å². The molecule has 1 N–H and O–H groups in total. The van der Waals surface area contributed by atoms with Gasteiger partial charge in [-0.15, -0.1) is 0 Å². The molecule has 0 unspecified atom stereocenters. The maximum Gasteiger partial charge on any atom is 0.248 e. The van der Waals surface area contributed by atoms with E-state index in [9.17, 15) is 4.79 Å². The van der Waals surface area contributed by atoms with Crippen molar-refractivity contribution in [3.63, 3.8) is 0 Å². The molecule has 1 aromatic carbocycles. The van der Waals surface area contributed by atoms with Crippen molar-refractivity contribution in [2.24, 2.45) is 0 Å². The van der Waals surface area contributed by atoms with Crippen LogP contribution in [0.2, 0.25) is 0 Å². The molecule has 0 saturated heterocycles. The first-order valence-corrected chi connectivity index (χ1v) is 6.79. The molecule has 0 atom stereocenters. The summed E-state index contributed by atoms with van der Waals surface area (Å²) in [5.74, 6) is 1.72. The van der Waals surface area contributed by atoms with Gasteiger partial charge in [0, 0.05) is 24.7 Å². The fourth-order valence-electron chi connectivity index (χ4n) is 2.62. The Kier molecular flexibility index (Phi) is 2.64. The van der Waals surface area contributed by atoms with Crippen molar-refractivity contribution in [2.45, 2.75) is 6.54 Å². The van der Waals surface area contributed by atoms with E-state index in [0.717, 1.165) is 34.8 Å². The average Bonchev–Trinajstić information content (AvgIpc) is 2.89. The first-order valence-electron chi connectivity index (χ1n) is 6.79. The summed E-state index contributed by atoms with van der Waals surface area (Å²) in [5, 5.41) is 0. The highest BCUT2D eigenvalue weighted by Gasteiger charge is 2.17. The molecule has 0 aliphatic carbocycles. The highest BCUT2D eigenvalue weighted by atomic mass is 16.5. The first kappa shape index (κ1) is 12.0. The fraction of sp³-hybridized carbons (Fsp3) is 0.125. The third-order valence-electron chi connectivity index (χ3n) is 3.63. The van der Waals surface area contributed by atoms with Crippen molar-refractivity contribution in [2.75, 3.05) is 6.61 Å². The van der Waals surface area contributed by atoms with E-state index in [-0.39, 0.29) is 5.56 Å². The number of H-pyrrole nitrogens is 1. The fourth-order valence-corrected chi connectivity index (χ4v) is 2.62. The van der Waals surface area contributed by atoms with Crippen molar-refractivity contribution in [1.29, 1.82) is 0 Å². The van der Waals surface area contributed by atoms with E-state index in [2.05, 4.69) is 14.5 Å². The van der Waals surface area contributed by atoms with Crippen molar-refractivity contribution in [1.82, 2.24) is 14.5 Å². The Morgan fingerprint density at radius 1 is 1.19 bits per heavy atom. The second kappa shape index (κ2) is 4.63. The molecular formula is C16H13N3O2. The highest BCUT2D eigenvalue weighted by Crippen LogP contribution is 2.34. The number of nitrogens with zero attached hydrogens (tertiary/aromatic N) is 2. The van der Waals surface area contributed by atoms with E-state index in [1.54, 1.807) is 18.5 Å². The number of fused-ring (bicyclic) bond motifs is 3. The van der Waals surface area contributed by atoms with Gasteiger partial charge in [-0.05, 0) is 29.3 Å². The van der Waals surface area contributed by atoms with Crippen LogP contribution in [-0.2, 0) is 6.54 Å². The summed E-state index contributed by atoms with van der Waals surface area (Å²) >= 11 is 0. The Morgan fingerprint density at radius 3 is 3.00 bits per heavy atom. The number of ether oxygens (including phenoxy) is 1. The molecule has 0 bridgehead atoms. The molecule has 0 saturated carbocycles. The van der Waals surface area contributed by atoms with E-state index in [1.807, 2.05) is 30.5 Å². The van der Waals surface area contributed by atoms with Crippen LogP contribution in [0.1, 0.15) is 0 Å². The van der Waals surface area contributed by atoms with Gasteiger partial charge in [0.25, 0.3) is 0 Å². The van der Waals surface area contributed by atoms with Crippen LogP contribution < -0.4 is 10.3 Å². The van der Waals surface area contributed by atoms with Crippen LogP contribution in [0.5, 0.6) is 5.75 Å². The van der Waals surface area contributed by atoms with Crippen LogP contribution >= 0.6 is 0 Å². The normalized spacial score (nSPS) is 13.0. The van der Waals surface area contributed by atoms with Gasteiger partial charge < -0.3 is 14.3 Å². The lowest BCUT2D eigenvalue weighted by atomic mass is 10.0. The molecule has 3 heterocycles. The van der Waals surface area contributed by atoms with Crippen LogP contribution in [0.15, 0.2) is 53.7 Å². The Hall–Kier alpha value is -2.82. The van der Waals surface area contributed by atoms with Crippen LogP contribution in [0.25, 0.3) is 22.5 Å². The number of benzene rings is 1. The smallest absolute Gasteiger partial charge is 0.248 e. The summed E-state index contributed by atoms with van der Waals surface area (Å²) in [6, 6.07) is 9.40. The van der Waals surface area contributed by atoms with Crippen molar-refractivity contribution >= 4 is 0 Å². The largest absolute Gasteiger partial charge is 0.491 e. The summed E-state index contributed by atoms with van der Waals surface area (Å²) in [4.78, 5) is 18.5. The summed E-state index contributed by atoms with van der Waals surface area (Å²) in [5.41, 5.74) is 2.69. The average molecular weight is 279 g/mol. The van der Waals surface area contributed by atoms with E-state index in [1.165, 1.54) is 0 Å². The lowest BCUT2D eigenvalue weighted by molar-refractivity contribution is 0.306. The van der Waals surface area contributed by atoms with Crippen LogP contribution in [-0.4, -0.2) is 21.1 Å². The third kappa shape index (κ3) is 2.03.